The van der Waals surface area contributed by atoms with Crippen molar-refractivity contribution >= 4 is 28.3 Å². The third-order valence-electron chi connectivity index (χ3n) is 4.68. The van der Waals surface area contributed by atoms with Crippen LogP contribution in [0.1, 0.15) is 42.5 Å². The van der Waals surface area contributed by atoms with Gasteiger partial charge in [0.2, 0.25) is 10.0 Å². The summed E-state index contributed by atoms with van der Waals surface area (Å²) in [7, 11) is -3.51. The summed E-state index contributed by atoms with van der Waals surface area (Å²) in [5, 5.41) is 6.24. The second kappa shape index (κ2) is 8.98. The summed E-state index contributed by atoms with van der Waals surface area (Å²) in [6.07, 6.45) is 4.85. The molecule has 140 valence electrons. The lowest BCUT2D eigenvalue weighted by molar-refractivity contribution is 0.0930. The number of rotatable bonds is 4. The molecule has 0 saturated carbocycles. The Bertz CT molecular complexity index is 684. The summed E-state index contributed by atoms with van der Waals surface area (Å²) >= 11 is 0. The zero-order chi connectivity index (χ0) is 17.0. The number of carbonyl (C=O) groups excluding carboxylic acids is 1. The van der Waals surface area contributed by atoms with E-state index >= 15 is 0 Å². The third kappa shape index (κ3) is 4.94. The average molecular weight is 388 g/mol. The minimum atomic E-state index is -3.51. The van der Waals surface area contributed by atoms with Gasteiger partial charge in [0, 0.05) is 31.2 Å². The fraction of sp³-hybridized carbons (Fsp3) is 0.588. The summed E-state index contributed by atoms with van der Waals surface area (Å²) in [6, 6.07) is 6.48. The molecule has 1 aromatic rings. The molecule has 2 fully saturated rings. The van der Waals surface area contributed by atoms with Crippen LogP contribution in [0.15, 0.2) is 29.2 Å². The highest BCUT2D eigenvalue weighted by molar-refractivity contribution is 7.89. The number of nitrogens with one attached hydrogen (secondary N) is 2. The van der Waals surface area contributed by atoms with Gasteiger partial charge in [-0.2, -0.15) is 4.31 Å². The predicted octanol–water partition coefficient (Wildman–Crippen LogP) is 1.76. The molecule has 0 aromatic heterocycles. The Balaban J connectivity index is 0.00000225. The molecule has 2 heterocycles. The van der Waals surface area contributed by atoms with E-state index in [1.54, 1.807) is 18.2 Å². The quantitative estimate of drug-likeness (QED) is 0.825. The topological polar surface area (TPSA) is 78.5 Å². The number of sulfonamides is 1. The summed E-state index contributed by atoms with van der Waals surface area (Å²) < 4.78 is 27.0. The molecule has 2 N–H and O–H groups in total. The second-order valence-electron chi connectivity index (χ2n) is 6.51. The summed E-state index contributed by atoms with van der Waals surface area (Å²) in [5.74, 6) is -0.209. The Kier molecular flexibility index (Phi) is 7.25. The Morgan fingerprint density at radius 1 is 1.16 bits per heavy atom. The summed E-state index contributed by atoms with van der Waals surface area (Å²) in [4.78, 5) is 12.6. The number of carbonyl (C=O) groups is 1. The molecule has 8 heteroatoms. The molecule has 2 saturated heterocycles. The zero-order valence-corrected chi connectivity index (χ0v) is 15.9. The van der Waals surface area contributed by atoms with Crippen molar-refractivity contribution in [3.8, 4) is 0 Å². The molecule has 1 unspecified atom stereocenters. The molecule has 0 bridgehead atoms. The first kappa shape index (κ1) is 20.2. The van der Waals surface area contributed by atoms with E-state index in [0.29, 0.717) is 18.7 Å². The van der Waals surface area contributed by atoms with Crippen molar-refractivity contribution in [2.45, 2.75) is 43.0 Å². The van der Waals surface area contributed by atoms with Crippen molar-refractivity contribution in [1.29, 1.82) is 0 Å². The SMILES string of the molecule is Cl.O=C(NC1CCCNC1)c1cccc(S(=O)(=O)N2CCCCC2)c1. The highest BCUT2D eigenvalue weighted by Gasteiger charge is 2.26. The molecule has 0 spiro atoms. The predicted molar refractivity (Wildman–Crippen MR) is 99.7 cm³/mol. The van der Waals surface area contributed by atoms with Crippen molar-refractivity contribution in [3.05, 3.63) is 29.8 Å². The molecule has 25 heavy (non-hydrogen) atoms. The van der Waals surface area contributed by atoms with E-state index in [-0.39, 0.29) is 29.3 Å². The first-order chi connectivity index (χ1) is 11.6. The molecular weight excluding hydrogens is 362 g/mol. The Labute approximate surface area is 155 Å². The third-order valence-corrected chi connectivity index (χ3v) is 6.58. The van der Waals surface area contributed by atoms with Crippen LogP contribution in [0.25, 0.3) is 0 Å². The fourth-order valence-electron chi connectivity index (χ4n) is 3.30. The standard InChI is InChI=1S/C17H25N3O3S.ClH/c21-17(19-15-7-5-9-18-13-15)14-6-4-8-16(12-14)24(22,23)20-10-2-1-3-11-20;/h4,6,8,12,15,18H,1-3,5,7,9-11,13H2,(H,19,21);1H. The van der Waals surface area contributed by atoms with E-state index in [0.717, 1.165) is 45.2 Å². The van der Waals surface area contributed by atoms with Gasteiger partial charge in [-0.3, -0.25) is 4.79 Å². The number of benzene rings is 1. The minimum Gasteiger partial charge on any atom is -0.348 e. The lowest BCUT2D eigenvalue weighted by Gasteiger charge is -2.26. The van der Waals surface area contributed by atoms with Gasteiger partial charge in [0.1, 0.15) is 0 Å². The lowest BCUT2D eigenvalue weighted by atomic mass is 10.1. The molecule has 6 nitrogen and oxygen atoms in total. The molecule has 1 aromatic carbocycles. The van der Waals surface area contributed by atoms with E-state index in [4.69, 9.17) is 0 Å². The molecule has 1 atom stereocenters. The molecule has 0 radical (unpaired) electrons. The smallest absolute Gasteiger partial charge is 0.251 e. The van der Waals surface area contributed by atoms with Crippen molar-refractivity contribution in [2.75, 3.05) is 26.2 Å². The normalized spacial score (nSPS) is 22.0. The van der Waals surface area contributed by atoms with Crippen LogP contribution in [0.2, 0.25) is 0 Å². The van der Waals surface area contributed by atoms with Gasteiger partial charge in [-0.15, -0.1) is 12.4 Å². The van der Waals surface area contributed by atoms with Gasteiger partial charge in [-0.25, -0.2) is 8.42 Å². The maximum Gasteiger partial charge on any atom is 0.251 e. The van der Waals surface area contributed by atoms with Crippen LogP contribution in [0.4, 0.5) is 0 Å². The van der Waals surface area contributed by atoms with Crippen LogP contribution in [-0.4, -0.2) is 50.9 Å². The lowest BCUT2D eigenvalue weighted by Crippen LogP contribution is -2.45. The van der Waals surface area contributed by atoms with E-state index in [9.17, 15) is 13.2 Å². The van der Waals surface area contributed by atoms with Crippen LogP contribution < -0.4 is 10.6 Å². The number of hydrogen-bond donors (Lipinski definition) is 2. The maximum atomic E-state index is 12.7. The molecule has 2 aliphatic heterocycles. The summed E-state index contributed by atoms with van der Waals surface area (Å²) in [6.45, 7) is 2.87. The van der Waals surface area contributed by atoms with E-state index < -0.39 is 10.0 Å². The summed E-state index contributed by atoms with van der Waals surface area (Å²) in [5.41, 5.74) is 0.402. The maximum absolute atomic E-state index is 12.7. The number of piperidine rings is 2. The van der Waals surface area contributed by atoms with Crippen LogP contribution >= 0.6 is 12.4 Å². The van der Waals surface area contributed by atoms with Crippen molar-refractivity contribution in [3.63, 3.8) is 0 Å². The van der Waals surface area contributed by atoms with Crippen molar-refractivity contribution in [2.24, 2.45) is 0 Å². The number of halogens is 1. The highest BCUT2D eigenvalue weighted by Crippen LogP contribution is 2.21. The van der Waals surface area contributed by atoms with Gasteiger partial charge in [-0.05, 0) is 50.4 Å². The first-order valence-corrected chi connectivity index (χ1v) is 10.1. The molecule has 3 rings (SSSR count). The number of amides is 1. The highest BCUT2D eigenvalue weighted by atomic mass is 35.5. The van der Waals surface area contributed by atoms with Crippen molar-refractivity contribution < 1.29 is 13.2 Å². The van der Waals surface area contributed by atoms with Gasteiger partial charge >= 0.3 is 0 Å². The van der Waals surface area contributed by atoms with E-state index in [1.807, 2.05) is 0 Å². The average Bonchev–Trinajstić information content (AvgIpc) is 2.63. The fourth-order valence-corrected chi connectivity index (χ4v) is 4.86. The Morgan fingerprint density at radius 3 is 2.60 bits per heavy atom. The largest absolute Gasteiger partial charge is 0.348 e. The van der Waals surface area contributed by atoms with E-state index in [2.05, 4.69) is 10.6 Å². The van der Waals surface area contributed by atoms with Gasteiger partial charge in [0.25, 0.3) is 5.91 Å². The van der Waals surface area contributed by atoms with Gasteiger partial charge in [0.05, 0.1) is 4.90 Å². The monoisotopic (exact) mass is 387 g/mol. The Hall–Kier alpha value is -1.15. The molecule has 0 aliphatic carbocycles. The zero-order valence-electron chi connectivity index (χ0n) is 14.2. The van der Waals surface area contributed by atoms with Crippen LogP contribution in [0.5, 0.6) is 0 Å². The molecule has 1 amide bonds. The van der Waals surface area contributed by atoms with Gasteiger partial charge < -0.3 is 10.6 Å². The van der Waals surface area contributed by atoms with E-state index in [1.165, 1.54) is 10.4 Å². The molecule has 2 aliphatic rings. The van der Waals surface area contributed by atoms with Crippen LogP contribution in [0, 0.1) is 0 Å². The van der Waals surface area contributed by atoms with Crippen LogP contribution in [0.3, 0.4) is 0 Å². The number of nitrogens with zero attached hydrogens (tertiary/aromatic N) is 1. The van der Waals surface area contributed by atoms with Crippen molar-refractivity contribution in [1.82, 2.24) is 14.9 Å². The Morgan fingerprint density at radius 2 is 1.92 bits per heavy atom. The first-order valence-electron chi connectivity index (χ1n) is 8.69. The second-order valence-corrected chi connectivity index (χ2v) is 8.45. The van der Waals surface area contributed by atoms with Gasteiger partial charge in [0.15, 0.2) is 0 Å². The van der Waals surface area contributed by atoms with Gasteiger partial charge in [-0.1, -0.05) is 12.5 Å². The van der Waals surface area contributed by atoms with Crippen LogP contribution in [-0.2, 0) is 10.0 Å². The minimum absolute atomic E-state index is 0. The molecular formula is C17H26ClN3O3S. The number of hydrogen-bond acceptors (Lipinski definition) is 4.